The summed E-state index contributed by atoms with van der Waals surface area (Å²) in [5.74, 6) is 0. The van der Waals surface area contributed by atoms with Crippen LogP contribution in [-0.2, 0) is 10.0 Å². The smallest absolute Gasteiger partial charge is 0.241 e. The van der Waals surface area contributed by atoms with E-state index in [2.05, 4.69) is 43.5 Å². The van der Waals surface area contributed by atoms with Gasteiger partial charge in [0.25, 0.3) is 0 Å². The van der Waals surface area contributed by atoms with Crippen LogP contribution >= 0.6 is 31.9 Å². The minimum Gasteiger partial charge on any atom is -0.329 e. The third-order valence-electron chi connectivity index (χ3n) is 2.70. The van der Waals surface area contributed by atoms with Gasteiger partial charge in [0.15, 0.2) is 0 Å². The Morgan fingerprint density at radius 2 is 2.05 bits per heavy atom. The molecule has 1 rings (SSSR count). The molecule has 0 bridgehead atoms. The standard InChI is InChI=1S/C12H18Br2N2O2S/c1-2-3-4-10(8-15)16-19(17,18)12-6-5-9(13)7-11(12)14/h5-7,10,16H,2-4,8,15H2,1H3. The molecule has 108 valence electrons. The SMILES string of the molecule is CCCCC(CN)NS(=O)(=O)c1ccc(Br)cc1Br. The molecule has 1 aromatic rings. The summed E-state index contributed by atoms with van der Waals surface area (Å²) in [4.78, 5) is 0.227. The van der Waals surface area contributed by atoms with Crippen LogP contribution in [0.25, 0.3) is 0 Å². The van der Waals surface area contributed by atoms with Gasteiger partial charge in [-0.15, -0.1) is 0 Å². The lowest BCUT2D eigenvalue weighted by Crippen LogP contribution is -2.40. The summed E-state index contributed by atoms with van der Waals surface area (Å²) >= 11 is 6.56. The number of sulfonamides is 1. The molecular weight excluding hydrogens is 396 g/mol. The number of hydrogen-bond acceptors (Lipinski definition) is 3. The van der Waals surface area contributed by atoms with Crippen molar-refractivity contribution in [2.75, 3.05) is 6.54 Å². The molecule has 3 N–H and O–H groups in total. The molecule has 0 amide bonds. The van der Waals surface area contributed by atoms with Gasteiger partial charge in [0.05, 0.1) is 4.90 Å². The minimum absolute atomic E-state index is 0.222. The van der Waals surface area contributed by atoms with E-state index in [1.54, 1.807) is 18.2 Å². The summed E-state index contributed by atoms with van der Waals surface area (Å²) < 4.78 is 28.6. The Balaban J connectivity index is 2.90. The first-order valence-electron chi connectivity index (χ1n) is 6.08. The molecule has 1 aromatic carbocycles. The second kappa shape index (κ2) is 7.73. The summed E-state index contributed by atoms with van der Waals surface area (Å²) in [6.45, 7) is 2.36. The van der Waals surface area contributed by atoms with E-state index in [0.717, 1.165) is 23.7 Å². The van der Waals surface area contributed by atoms with Crippen molar-refractivity contribution in [2.24, 2.45) is 5.73 Å². The Labute approximate surface area is 131 Å². The average Bonchev–Trinajstić information content (AvgIpc) is 2.33. The van der Waals surface area contributed by atoms with Crippen LogP contribution in [0, 0.1) is 0 Å². The van der Waals surface area contributed by atoms with Gasteiger partial charge in [-0.05, 0) is 40.5 Å². The number of nitrogens with one attached hydrogen (secondary N) is 1. The topological polar surface area (TPSA) is 72.2 Å². The fourth-order valence-corrected chi connectivity index (χ4v) is 4.68. The first kappa shape index (κ1) is 17.1. The monoisotopic (exact) mass is 412 g/mol. The van der Waals surface area contributed by atoms with Crippen LogP contribution in [0.15, 0.2) is 32.0 Å². The molecule has 0 aliphatic carbocycles. The molecule has 0 saturated heterocycles. The Morgan fingerprint density at radius 3 is 2.58 bits per heavy atom. The zero-order valence-corrected chi connectivity index (χ0v) is 14.7. The molecule has 0 aliphatic heterocycles. The second-order valence-corrected chi connectivity index (χ2v) is 7.72. The number of hydrogen-bond donors (Lipinski definition) is 2. The average molecular weight is 414 g/mol. The van der Waals surface area contributed by atoms with E-state index in [-0.39, 0.29) is 10.9 Å². The summed E-state index contributed by atoms with van der Waals surface area (Å²) in [6, 6.07) is 4.74. The lowest BCUT2D eigenvalue weighted by atomic mass is 10.1. The number of halogens is 2. The van der Waals surface area contributed by atoms with Crippen molar-refractivity contribution in [2.45, 2.75) is 37.1 Å². The summed E-state index contributed by atoms with van der Waals surface area (Å²) in [5.41, 5.74) is 5.61. The number of nitrogens with two attached hydrogens (primary N) is 1. The highest BCUT2D eigenvalue weighted by atomic mass is 79.9. The van der Waals surface area contributed by atoms with Crippen LogP contribution in [0.2, 0.25) is 0 Å². The van der Waals surface area contributed by atoms with Gasteiger partial charge in [-0.2, -0.15) is 0 Å². The van der Waals surface area contributed by atoms with Crippen molar-refractivity contribution in [3.63, 3.8) is 0 Å². The number of benzene rings is 1. The van der Waals surface area contributed by atoms with Crippen molar-refractivity contribution >= 4 is 41.9 Å². The van der Waals surface area contributed by atoms with Gasteiger partial charge in [-0.25, -0.2) is 13.1 Å². The second-order valence-electron chi connectivity index (χ2n) is 4.27. The predicted octanol–water partition coefficient (Wildman–Crippen LogP) is 3.01. The van der Waals surface area contributed by atoms with E-state index in [1.165, 1.54) is 0 Å². The third-order valence-corrected chi connectivity index (χ3v) is 5.69. The summed E-state index contributed by atoms with van der Waals surface area (Å²) in [6.07, 6.45) is 2.71. The van der Waals surface area contributed by atoms with Crippen LogP contribution in [-0.4, -0.2) is 21.0 Å². The molecule has 0 aromatic heterocycles. The van der Waals surface area contributed by atoms with Gasteiger partial charge in [0.2, 0.25) is 10.0 Å². The van der Waals surface area contributed by atoms with E-state index in [0.29, 0.717) is 11.0 Å². The van der Waals surface area contributed by atoms with Crippen LogP contribution in [0.1, 0.15) is 26.2 Å². The van der Waals surface area contributed by atoms with Crippen molar-refractivity contribution in [1.29, 1.82) is 0 Å². The van der Waals surface area contributed by atoms with Gasteiger partial charge >= 0.3 is 0 Å². The fourth-order valence-electron chi connectivity index (χ4n) is 1.65. The normalized spacial score (nSPS) is 13.5. The third kappa shape index (κ3) is 5.15. The van der Waals surface area contributed by atoms with Crippen molar-refractivity contribution in [1.82, 2.24) is 4.72 Å². The maximum Gasteiger partial charge on any atom is 0.241 e. The molecule has 4 nitrogen and oxygen atoms in total. The first-order chi connectivity index (χ1) is 8.90. The molecular formula is C12H18Br2N2O2S. The van der Waals surface area contributed by atoms with Crippen LogP contribution in [0.5, 0.6) is 0 Å². The predicted molar refractivity (Wildman–Crippen MR) is 84.5 cm³/mol. The zero-order chi connectivity index (χ0) is 14.5. The number of rotatable bonds is 7. The molecule has 19 heavy (non-hydrogen) atoms. The van der Waals surface area contributed by atoms with Gasteiger partial charge < -0.3 is 5.73 Å². The van der Waals surface area contributed by atoms with Gasteiger partial charge in [-0.1, -0.05) is 35.7 Å². The molecule has 0 fully saturated rings. The zero-order valence-electron chi connectivity index (χ0n) is 10.7. The Morgan fingerprint density at radius 1 is 1.37 bits per heavy atom. The Hall–Kier alpha value is 0.0500. The Kier molecular flexibility index (Phi) is 6.96. The molecule has 0 spiro atoms. The van der Waals surface area contributed by atoms with Crippen molar-refractivity contribution in [3.8, 4) is 0 Å². The highest BCUT2D eigenvalue weighted by Crippen LogP contribution is 2.25. The van der Waals surface area contributed by atoms with Crippen molar-refractivity contribution in [3.05, 3.63) is 27.1 Å². The molecule has 0 radical (unpaired) electrons. The largest absolute Gasteiger partial charge is 0.329 e. The summed E-state index contributed by atoms with van der Waals surface area (Å²) in [7, 11) is -3.55. The van der Waals surface area contributed by atoms with Crippen molar-refractivity contribution < 1.29 is 8.42 Å². The fraction of sp³-hybridized carbons (Fsp3) is 0.500. The molecule has 1 atom stereocenters. The molecule has 0 heterocycles. The maximum atomic E-state index is 12.3. The van der Waals surface area contributed by atoms with E-state index >= 15 is 0 Å². The lowest BCUT2D eigenvalue weighted by Gasteiger charge is -2.17. The molecule has 0 saturated carbocycles. The van der Waals surface area contributed by atoms with E-state index in [9.17, 15) is 8.42 Å². The van der Waals surface area contributed by atoms with E-state index in [4.69, 9.17) is 5.73 Å². The first-order valence-corrected chi connectivity index (χ1v) is 9.15. The van der Waals surface area contributed by atoms with Crippen LogP contribution < -0.4 is 10.5 Å². The van der Waals surface area contributed by atoms with E-state index < -0.39 is 10.0 Å². The van der Waals surface area contributed by atoms with Crippen LogP contribution in [0.3, 0.4) is 0 Å². The molecule has 7 heteroatoms. The number of unbranched alkanes of at least 4 members (excludes halogenated alkanes) is 1. The van der Waals surface area contributed by atoms with Crippen LogP contribution in [0.4, 0.5) is 0 Å². The molecule has 0 aliphatic rings. The van der Waals surface area contributed by atoms with Gasteiger partial charge in [-0.3, -0.25) is 0 Å². The van der Waals surface area contributed by atoms with Gasteiger partial charge in [0.1, 0.15) is 0 Å². The maximum absolute atomic E-state index is 12.3. The minimum atomic E-state index is -3.55. The van der Waals surface area contributed by atoms with E-state index in [1.807, 2.05) is 0 Å². The Bertz CT molecular complexity index is 520. The molecule has 1 unspecified atom stereocenters. The summed E-state index contributed by atoms with van der Waals surface area (Å²) in [5, 5.41) is 0. The quantitative estimate of drug-likeness (QED) is 0.721. The lowest BCUT2D eigenvalue weighted by molar-refractivity contribution is 0.516. The van der Waals surface area contributed by atoms with Gasteiger partial charge in [0, 0.05) is 21.5 Å². The highest BCUT2D eigenvalue weighted by Gasteiger charge is 2.21. The highest BCUT2D eigenvalue weighted by molar-refractivity contribution is 9.11.